The predicted molar refractivity (Wildman–Crippen MR) is 207 cm³/mol. The average molecular weight is 775 g/mol. The minimum atomic E-state index is -4.42. The van der Waals surface area contributed by atoms with E-state index in [4.69, 9.17) is 0 Å². The Morgan fingerprint density at radius 1 is 0.649 bits per heavy atom. The van der Waals surface area contributed by atoms with Gasteiger partial charge >= 0.3 is 12.4 Å². The third-order valence-corrected chi connectivity index (χ3v) is 9.41. The zero-order valence-electron chi connectivity index (χ0n) is 30.5. The van der Waals surface area contributed by atoms with Crippen molar-refractivity contribution in [3.05, 3.63) is 138 Å². The zero-order chi connectivity index (χ0) is 40.5. The van der Waals surface area contributed by atoms with Gasteiger partial charge in [-0.3, -0.25) is 8.80 Å². The summed E-state index contributed by atoms with van der Waals surface area (Å²) in [6, 6.07) is 32.6. The van der Waals surface area contributed by atoms with Crippen molar-refractivity contribution in [3.8, 4) is 34.4 Å². The number of nitrogens with one attached hydrogen (secondary N) is 1. The highest BCUT2D eigenvalue weighted by Gasteiger charge is 2.31. The van der Waals surface area contributed by atoms with Crippen LogP contribution < -0.4 is 5.32 Å². The van der Waals surface area contributed by atoms with E-state index < -0.39 is 23.5 Å². The van der Waals surface area contributed by atoms with Gasteiger partial charge in [-0.15, -0.1) is 0 Å². The van der Waals surface area contributed by atoms with Crippen LogP contribution in [0.5, 0.6) is 0 Å². The second-order valence-electron chi connectivity index (χ2n) is 13.4. The van der Waals surface area contributed by atoms with E-state index >= 15 is 0 Å². The number of nitrogens with zero attached hydrogens (tertiary/aromatic N) is 7. The summed E-state index contributed by atoms with van der Waals surface area (Å²) in [6.07, 6.45) is -6.13. The fraction of sp³-hybridized carbons (Fsp3) is 0.163. The second kappa shape index (κ2) is 15.3. The van der Waals surface area contributed by atoms with Crippen molar-refractivity contribution in [2.75, 3.05) is 32.5 Å². The molecule has 0 saturated heterocycles. The van der Waals surface area contributed by atoms with Crippen LogP contribution in [0.4, 0.5) is 32.2 Å². The molecule has 4 aromatic carbocycles. The largest absolute Gasteiger partial charge is 0.416 e. The van der Waals surface area contributed by atoms with Gasteiger partial charge in [0.2, 0.25) is 0 Å². The highest BCUT2D eigenvalue weighted by atomic mass is 19.4. The normalized spacial score (nSPS) is 11.8. The SMILES string of the molecule is CN(C)CCCNc1cc(-c2ccc(C(F)(F)F)cc2)c(C#N)c2nc3ccccc3n12.N#Cc1c(-c2ccc(C(F)(F)F)cc2)ccn2c1nc1ccccc12. The van der Waals surface area contributed by atoms with Gasteiger partial charge in [0, 0.05) is 23.9 Å². The van der Waals surface area contributed by atoms with Gasteiger partial charge in [0.25, 0.3) is 0 Å². The maximum atomic E-state index is 13.0. The zero-order valence-corrected chi connectivity index (χ0v) is 30.5. The topological polar surface area (TPSA) is 97.5 Å². The number of aromatic nitrogens is 4. The standard InChI is InChI=1S/C24H22F3N5.C19H10F3N3/c1-31(2)13-5-12-29-22-14-18(16-8-10-17(11-9-16)24(25,26)27)19(15-28)23-30-20-6-3-4-7-21(20)32(22)23;20-19(21,22)13-7-5-12(6-8-13)14-9-10-25-17-4-2-1-3-16(17)24-18(25)15(14)11-23/h3-4,6-11,14,29H,5,12-13H2,1-2H3;1-10H. The first-order valence-corrected chi connectivity index (χ1v) is 17.7. The Balaban J connectivity index is 0.000000179. The molecule has 0 fully saturated rings. The molecular formula is C43H32F6N8. The lowest BCUT2D eigenvalue weighted by atomic mass is 10.00. The van der Waals surface area contributed by atoms with Crippen LogP contribution in [-0.2, 0) is 12.4 Å². The smallest absolute Gasteiger partial charge is 0.371 e. The first kappa shape index (κ1) is 38.4. The van der Waals surface area contributed by atoms with Crippen molar-refractivity contribution in [2.45, 2.75) is 18.8 Å². The van der Waals surface area contributed by atoms with Gasteiger partial charge in [-0.2, -0.15) is 36.9 Å². The molecule has 0 atom stereocenters. The summed E-state index contributed by atoms with van der Waals surface area (Å²) >= 11 is 0. The van der Waals surface area contributed by atoms with Crippen LogP contribution in [0.3, 0.4) is 0 Å². The molecule has 57 heavy (non-hydrogen) atoms. The summed E-state index contributed by atoms with van der Waals surface area (Å²) in [5.74, 6) is 0.737. The number of para-hydroxylation sites is 4. The van der Waals surface area contributed by atoms with E-state index in [1.165, 1.54) is 24.3 Å². The molecule has 4 aromatic heterocycles. The van der Waals surface area contributed by atoms with Gasteiger partial charge in [-0.1, -0.05) is 48.5 Å². The van der Waals surface area contributed by atoms with Gasteiger partial charge in [0.05, 0.1) is 33.2 Å². The van der Waals surface area contributed by atoms with E-state index in [0.29, 0.717) is 51.2 Å². The third kappa shape index (κ3) is 7.68. The summed E-state index contributed by atoms with van der Waals surface area (Å²) in [4.78, 5) is 11.2. The fourth-order valence-corrected chi connectivity index (χ4v) is 6.66. The second-order valence-corrected chi connectivity index (χ2v) is 13.4. The van der Waals surface area contributed by atoms with Crippen LogP contribution in [0, 0.1) is 22.7 Å². The van der Waals surface area contributed by atoms with Crippen LogP contribution in [0.15, 0.2) is 115 Å². The Bertz CT molecular complexity index is 2820. The minimum absolute atomic E-state index is 0.319. The molecule has 0 spiro atoms. The molecule has 0 bridgehead atoms. The number of benzene rings is 4. The summed E-state index contributed by atoms with van der Waals surface area (Å²) < 4.78 is 80.9. The molecule has 1 N–H and O–H groups in total. The molecular weight excluding hydrogens is 743 g/mol. The summed E-state index contributed by atoms with van der Waals surface area (Å²) in [7, 11) is 4.01. The average Bonchev–Trinajstić information content (AvgIpc) is 3.78. The highest BCUT2D eigenvalue weighted by Crippen LogP contribution is 2.36. The number of hydrogen-bond donors (Lipinski definition) is 1. The number of nitriles is 2. The van der Waals surface area contributed by atoms with Crippen molar-refractivity contribution >= 4 is 39.2 Å². The summed E-state index contributed by atoms with van der Waals surface area (Å²) in [6.45, 7) is 1.60. The third-order valence-electron chi connectivity index (χ3n) is 9.41. The van der Waals surface area contributed by atoms with Gasteiger partial charge in [0.1, 0.15) is 29.1 Å². The highest BCUT2D eigenvalue weighted by molar-refractivity contribution is 5.90. The maximum Gasteiger partial charge on any atom is 0.416 e. The Labute approximate surface area is 322 Å². The van der Waals surface area contributed by atoms with Crippen LogP contribution >= 0.6 is 0 Å². The lowest BCUT2D eigenvalue weighted by molar-refractivity contribution is -0.138. The van der Waals surface area contributed by atoms with Crippen LogP contribution in [-0.4, -0.2) is 50.9 Å². The molecule has 0 aliphatic rings. The minimum Gasteiger partial charge on any atom is -0.371 e. The Morgan fingerprint density at radius 2 is 1.16 bits per heavy atom. The van der Waals surface area contributed by atoms with E-state index in [1.54, 1.807) is 12.3 Å². The lowest BCUT2D eigenvalue weighted by Crippen LogP contribution is -2.17. The lowest BCUT2D eigenvalue weighted by Gasteiger charge is -2.16. The number of fused-ring (bicyclic) bond motifs is 6. The van der Waals surface area contributed by atoms with Crippen molar-refractivity contribution < 1.29 is 26.3 Å². The van der Waals surface area contributed by atoms with Gasteiger partial charge in [-0.05, 0) is 98.9 Å². The number of rotatable bonds is 7. The van der Waals surface area contributed by atoms with Crippen molar-refractivity contribution in [1.29, 1.82) is 10.5 Å². The quantitative estimate of drug-likeness (QED) is 0.128. The van der Waals surface area contributed by atoms with Crippen LogP contribution in [0.1, 0.15) is 28.7 Å². The molecule has 8 aromatic rings. The van der Waals surface area contributed by atoms with E-state index in [9.17, 15) is 36.9 Å². The molecule has 0 unspecified atom stereocenters. The number of anilines is 1. The van der Waals surface area contributed by atoms with E-state index in [1.807, 2.05) is 77.5 Å². The maximum absolute atomic E-state index is 13.0. The molecule has 8 rings (SSSR count). The first-order chi connectivity index (χ1) is 27.3. The Kier molecular flexibility index (Phi) is 10.3. The predicted octanol–water partition coefficient (Wildman–Crippen LogP) is 10.5. The van der Waals surface area contributed by atoms with E-state index in [2.05, 4.69) is 32.3 Å². The van der Waals surface area contributed by atoms with E-state index in [-0.39, 0.29) is 0 Å². The van der Waals surface area contributed by atoms with Crippen LogP contribution in [0.2, 0.25) is 0 Å². The molecule has 286 valence electrons. The van der Waals surface area contributed by atoms with Crippen molar-refractivity contribution in [3.63, 3.8) is 0 Å². The Hall–Kier alpha value is -6.90. The fourth-order valence-electron chi connectivity index (χ4n) is 6.66. The molecule has 0 radical (unpaired) electrons. The number of halogens is 6. The summed E-state index contributed by atoms with van der Waals surface area (Å²) in [5, 5.41) is 23.0. The molecule has 14 heteroatoms. The first-order valence-electron chi connectivity index (χ1n) is 17.7. The molecule has 0 amide bonds. The number of imidazole rings is 2. The van der Waals surface area contributed by atoms with Gasteiger partial charge in [-0.25, -0.2) is 9.97 Å². The number of hydrogen-bond acceptors (Lipinski definition) is 6. The van der Waals surface area contributed by atoms with Crippen LogP contribution in [0.25, 0.3) is 55.6 Å². The van der Waals surface area contributed by atoms with Gasteiger partial charge < -0.3 is 10.2 Å². The molecule has 4 heterocycles. The van der Waals surface area contributed by atoms with Crippen molar-refractivity contribution in [1.82, 2.24) is 23.7 Å². The summed E-state index contributed by atoms with van der Waals surface area (Å²) in [5.41, 5.74) is 5.55. The molecule has 0 aliphatic carbocycles. The number of alkyl halides is 6. The van der Waals surface area contributed by atoms with Crippen molar-refractivity contribution in [2.24, 2.45) is 0 Å². The van der Waals surface area contributed by atoms with E-state index in [0.717, 1.165) is 65.1 Å². The molecule has 8 nitrogen and oxygen atoms in total. The van der Waals surface area contributed by atoms with Gasteiger partial charge in [0.15, 0.2) is 11.3 Å². The Morgan fingerprint density at radius 3 is 1.72 bits per heavy atom. The monoisotopic (exact) mass is 774 g/mol. The molecule has 0 aliphatic heterocycles. The number of pyridine rings is 2. The molecule has 0 saturated carbocycles.